The molecule has 26 heavy (non-hydrogen) atoms. The molecule has 3 aromatic rings. The summed E-state index contributed by atoms with van der Waals surface area (Å²) in [5, 5.41) is 5.87. The van der Waals surface area contributed by atoms with Crippen molar-refractivity contribution >= 4 is 44.9 Å². The number of benzene rings is 1. The molecule has 4 rings (SSSR count). The number of aromatic nitrogens is 2. The van der Waals surface area contributed by atoms with E-state index in [1.807, 2.05) is 16.3 Å². The van der Waals surface area contributed by atoms with Gasteiger partial charge in [0.25, 0.3) is 0 Å². The molecular weight excluding hydrogens is 350 g/mol. The monoisotopic (exact) mass is 367 g/mol. The average Bonchev–Trinajstić information content (AvgIpc) is 3.31. The van der Waals surface area contributed by atoms with Gasteiger partial charge in [0.05, 0.1) is 5.39 Å². The van der Waals surface area contributed by atoms with Gasteiger partial charge in [-0.2, -0.15) is 0 Å². The van der Waals surface area contributed by atoms with Gasteiger partial charge < -0.3 is 16.0 Å². The number of carbonyl (C=O) groups excluding carboxylic acids is 2. The fourth-order valence-corrected chi connectivity index (χ4v) is 3.97. The fourth-order valence-electron chi connectivity index (χ4n) is 3.24. The number of nitrogens with one attached hydrogen (secondary N) is 1. The minimum absolute atomic E-state index is 0.0867. The zero-order chi connectivity index (χ0) is 18.1. The molecule has 1 unspecified atom stereocenters. The van der Waals surface area contributed by atoms with E-state index in [-0.39, 0.29) is 11.9 Å². The lowest BCUT2D eigenvalue weighted by atomic mass is 10.1. The molecule has 7 nitrogen and oxygen atoms in total. The van der Waals surface area contributed by atoms with Crippen LogP contribution >= 0.6 is 11.3 Å². The first-order valence-corrected chi connectivity index (χ1v) is 9.17. The number of nitrogens with two attached hydrogens (primary N) is 1. The quantitative estimate of drug-likeness (QED) is 0.737. The number of thiophene rings is 1. The number of amides is 2. The summed E-state index contributed by atoms with van der Waals surface area (Å²) >= 11 is 1.56. The number of fused-ring (bicyclic) bond motifs is 1. The Bertz CT molecular complexity index is 969. The van der Waals surface area contributed by atoms with E-state index < -0.39 is 5.91 Å². The summed E-state index contributed by atoms with van der Waals surface area (Å²) in [4.78, 5) is 35.6. The molecule has 0 bridgehead atoms. The van der Waals surface area contributed by atoms with Gasteiger partial charge in [-0.3, -0.25) is 9.59 Å². The molecule has 0 spiro atoms. The van der Waals surface area contributed by atoms with Crippen molar-refractivity contribution in [2.45, 2.75) is 18.9 Å². The Morgan fingerprint density at radius 3 is 2.77 bits per heavy atom. The molecule has 1 aliphatic rings. The topological polar surface area (TPSA) is 101 Å². The van der Waals surface area contributed by atoms with Gasteiger partial charge >= 0.3 is 0 Å². The minimum Gasteiger partial charge on any atom is -0.366 e. The van der Waals surface area contributed by atoms with Crippen molar-refractivity contribution in [3.8, 4) is 0 Å². The third-order valence-corrected chi connectivity index (χ3v) is 5.33. The minimum atomic E-state index is -0.492. The number of carbonyl (C=O) groups is 2. The van der Waals surface area contributed by atoms with Crippen LogP contribution in [0.4, 0.5) is 11.5 Å². The van der Waals surface area contributed by atoms with Crippen LogP contribution in [0.5, 0.6) is 0 Å². The molecule has 1 atom stereocenters. The molecule has 3 N–H and O–H groups in total. The smallest absolute Gasteiger partial charge is 0.248 e. The maximum atomic E-state index is 12.8. The van der Waals surface area contributed by atoms with Gasteiger partial charge in [0.1, 0.15) is 23.0 Å². The standard InChI is InChI=1S/C18H17N5O2S/c19-15(24)11-3-5-12(6-4-11)22-17(25)14-2-1-8-23(14)16-13-7-9-26-18(13)21-10-20-16/h3-7,9-10,14H,1-2,8H2,(H2,19,24)(H,22,25). The normalized spacial score (nSPS) is 16.8. The SMILES string of the molecule is NC(=O)c1ccc(NC(=O)C2CCCN2c2ncnc3sccc23)cc1. The highest BCUT2D eigenvalue weighted by Gasteiger charge is 2.32. The third-order valence-electron chi connectivity index (χ3n) is 4.51. The van der Waals surface area contributed by atoms with E-state index in [0.717, 1.165) is 35.4 Å². The number of hydrogen-bond acceptors (Lipinski definition) is 6. The van der Waals surface area contributed by atoms with Crippen LogP contribution in [0, 0.1) is 0 Å². The number of primary amides is 1. The maximum Gasteiger partial charge on any atom is 0.248 e. The van der Waals surface area contributed by atoms with Crippen LogP contribution in [0.15, 0.2) is 42.0 Å². The first-order chi connectivity index (χ1) is 12.6. The lowest BCUT2D eigenvalue weighted by Crippen LogP contribution is -2.40. The lowest BCUT2D eigenvalue weighted by molar-refractivity contribution is -0.117. The molecular formula is C18H17N5O2S. The lowest BCUT2D eigenvalue weighted by Gasteiger charge is -2.25. The summed E-state index contributed by atoms with van der Waals surface area (Å²) in [6, 6.07) is 8.26. The maximum absolute atomic E-state index is 12.8. The highest BCUT2D eigenvalue weighted by Crippen LogP contribution is 2.32. The number of anilines is 2. The first kappa shape index (κ1) is 16.5. The van der Waals surface area contributed by atoms with Crippen LogP contribution in [-0.2, 0) is 4.79 Å². The Hall–Kier alpha value is -3.00. The van der Waals surface area contributed by atoms with E-state index in [9.17, 15) is 9.59 Å². The summed E-state index contributed by atoms with van der Waals surface area (Å²) in [6.45, 7) is 0.778. The Morgan fingerprint density at radius 1 is 1.19 bits per heavy atom. The highest BCUT2D eigenvalue weighted by atomic mass is 32.1. The van der Waals surface area contributed by atoms with Crippen molar-refractivity contribution in [2.75, 3.05) is 16.8 Å². The van der Waals surface area contributed by atoms with E-state index in [2.05, 4.69) is 15.3 Å². The van der Waals surface area contributed by atoms with E-state index in [4.69, 9.17) is 5.73 Å². The van der Waals surface area contributed by atoms with Gasteiger partial charge in [-0.15, -0.1) is 11.3 Å². The second-order valence-corrected chi connectivity index (χ2v) is 7.01. The van der Waals surface area contributed by atoms with Gasteiger partial charge in [-0.1, -0.05) is 0 Å². The van der Waals surface area contributed by atoms with Crippen LogP contribution in [0.2, 0.25) is 0 Å². The van der Waals surface area contributed by atoms with Crippen molar-refractivity contribution in [3.63, 3.8) is 0 Å². The van der Waals surface area contributed by atoms with Gasteiger partial charge in [0.2, 0.25) is 11.8 Å². The van der Waals surface area contributed by atoms with Crippen molar-refractivity contribution in [2.24, 2.45) is 5.73 Å². The molecule has 2 aromatic heterocycles. The molecule has 1 fully saturated rings. The van der Waals surface area contributed by atoms with Gasteiger partial charge in [0.15, 0.2) is 0 Å². The largest absolute Gasteiger partial charge is 0.366 e. The number of nitrogens with zero attached hydrogens (tertiary/aromatic N) is 3. The predicted octanol–water partition coefficient (Wildman–Crippen LogP) is 2.40. The molecule has 0 saturated carbocycles. The van der Waals surface area contributed by atoms with Gasteiger partial charge in [-0.25, -0.2) is 9.97 Å². The average molecular weight is 367 g/mol. The summed E-state index contributed by atoms with van der Waals surface area (Å²) < 4.78 is 0. The molecule has 0 radical (unpaired) electrons. The molecule has 1 aromatic carbocycles. The second kappa shape index (κ2) is 6.72. The number of hydrogen-bond donors (Lipinski definition) is 2. The Labute approximate surface area is 153 Å². The molecule has 1 saturated heterocycles. The Morgan fingerprint density at radius 2 is 2.00 bits per heavy atom. The summed E-state index contributed by atoms with van der Waals surface area (Å²) in [6.07, 6.45) is 3.24. The van der Waals surface area contributed by atoms with Gasteiger partial charge in [0, 0.05) is 17.8 Å². The van der Waals surface area contributed by atoms with Crippen LogP contribution in [-0.4, -0.2) is 34.4 Å². The number of rotatable bonds is 4. The highest BCUT2D eigenvalue weighted by molar-refractivity contribution is 7.16. The summed E-state index contributed by atoms with van der Waals surface area (Å²) in [5.41, 5.74) is 6.28. The molecule has 132 valence electrons. The summed E-state index contributed by atoms with van der Waals surface area (Å²) in [7, 11) is 0. The Kier molecular flexibility index (Phi) is 4.26. The van der Waals surface area contributed by atoms with Crippen molar-refractivity contribution < 1.29 is 9.59 Å². The molecule has 0 aliphatic carbocycles. The molecule has 2 amide bonds. The molecule has 3 heterocycles. The van der Waals surface area contributed by atoms with E-state index >= 15 is 0 Å². The summed E-state index contributed by atoms with van der Waals surface area (Å²) in [5.74, 6) is 0.225. The third kappa shape index (κ3) is 2.99. The molecule has 8 heteroatoms. The van der Waals surface area contributed by atoms with Crippen molar-refractivity contribution in [1.29, 1.82) is 0 Å². The van der Waals surface area contributed by atoms with Gasteiger partial charge in [-0.05, 0) is 48.6 Å². The zero-order valence-electron chi connectivity index (χ0n) is 13.9. The Balaban J connectivity index is 1.55. The van der Waals surface area contributed by atoms with Crippen LogP contribution < -0.4 is 16.0 Å². The van der Waals surface area contributed by atoms with E-state index in [1.54, 1.807) is 41.9 Å². The predicted molar refractivity (Wildman–Crippen MR) is 101 cm³/mol. The van der Waals surface area contributed by atoms with E-state index in [1.165, 1.54) is 0 Å². The fraction of sp³-hybridized carbons (Fsp3) is 0.222. The first-order valence-electron chi connectivity index (χ1n) is 8.29. The van der Waals surface area contributed by atoms with Crippen LogP contribution in [0.3, 0.4) is 0 Å². The van der Waals surface area contributed by atoms with Crippen molar-refractivity contribution in [1.82, 2.24) is 9.97 Å². The molecule has 1 aliphatic heterocycles. The zero-order valence-corrected chi connectivity index (χ0v) is 14.7. The van der Waals surface area contributed by atoms with Crippen LogP contribution in [0.25, 0.3) is 10.2 Å². The van der Waals surface area contributed by atoms with Crippen molar-refractivity contribution in [3.05, 3.63) is 47.6 Å². The van der Waals surface area contributed by atoms with E-state index in [0.29, 0.717) is 11.3 Å². The second-order valence-electron chi connectivity index (χ2n) is 6.12. The van der Waals surface area contributed by atoms with Crippen LogP contribution in [0.1, 0.15) is 23.2 Å².